The van der Waals surface area contributed by atoms with Crippen LogP contribution in [0.1, 0.15) is 17.3 Å². The van der Waals surface area contributed by atoms with E-state index in [4.69, 9.17) is 5.11 Å². The summed E-state index contributed by atoms with van der Waals surface area (Å²) in [5, 5.41) is 11.5. The molecular weight excluding hydrogens is 264 g/mol. The monoisotopic (exact) mass is 274 g/mol. The van der Waals surface area contributed by atoms with Crippen LogP contribution < -0.4 is 10.9 Å². The van der Waals surface area contributed by atoms with Gasteiger partial charge in [-0.25, -0.2) is 0 Å². The molecule has 0 aliphatic rings. The quantitative estimate of drug-likeness (QED) is 0.739. The standard InChI is InChI=1S/C9H11BrN2O3/c1-5(13)3-11-8(14)6-2-7(10)9(15)12-4-6/h2,4-5,13H,3H2,1H3,(H,11,14)(H,12,15). The summed E-state index contributed by atoms with van der Waals surface area (Å²) in [4.78, 5) is 24.8. The number of aromatic amines is 1. The summed E-state index contributed by atoms with van der Waals surface area (Å²) < 4.78 is 0.298. The number of hydrogen-bond donors (Lipinski definition) is 3. The van der Waals surface area contributed by atoms with Gasteiger partial charge in [-0.05, 0) is 28.9 Å². The third kappa shape index (κ3) is 3.49. The summed E-state index contributed by atoms with van der Waals surface area (Å²) >= 11 is 3.02. The van der Waals surface area contributed by atoms with Crippen LogP contribution in [0, 0.1) is 0 Å². The molecule has 0 aliphatic heterocycles. The van der Waals surface area contributed by atoms with Gasteiger partial charge < -0.3 is 15.4 Å². The second kappa shape index (κ2) is 5.09. The normalized spacial score (nSPS) is 12.2. The molecule has 1 rings (SSSR count). The predicted octanol–water partition coefficient (Wildman–Crippen LogP) is 0.248. The van der Waals surface area contributed by atoms with E-state index in [9.17, 15) is 9.59 Å². The molecule has 3 N–H and O–H groups in total. The Morgan fingerprint density at radius 2 is 2.40 bits per heavy atom. The Bertz CT molecular complexity index is 414. The lowest BCUT2D eigenvalue weighted by Crippen LogP contribution is -2.31. The van der Waals surface area contributed by atoms with Crippen LogP contribution in [0.5, 0.6) is 0 Å². The molecule has 5 nitrogen and oxygen atoms in total. The molecule has 1 aromatic rings. The van der Waals surface area contributed by atoms with Crippen molar-refractivity contribution in [1.82, 2.24) is 10.3 Å². The lowest BCUT2D eigenvalue weighted by molar-refractivity contribution is 0.0923. The summed E-state index contributed by atoms with van der Waals surface area (Å²) in [5.41, 5.74) is 0.0456. The van der Waals surface area contributed by atoms with Crippen molar-refractivity contribution in [2.24, 2.45) is 0 Å². The Kier molecular flexibility index (Phi) is 4.05. The van der Waals surface area contributed by atoms with Crippen molar-refractivity contribution in [1.29, 1.82) is 0 Å². The third-order valence-electron chi connectivity index (χ3n) is 1.68. The average Bonchev–Trinajstić information content (AvgIpc) is 2.18. The van der Waals surface area contributed by atoms with Crippen molar-refractivity contribution < 1.29 is 9.90 Å². The van der Waals surface area contributed by atoms with Gasteiger partial charge in [0.05, 0.1) is 16.1 Å². The fourth-order valence-electron chi connectivity index (χ4n) is 0.930. The summed E-state index contributed by atoms with van der Waals surface area (Å²) in [6, 6.07) is 1.43. The zero-order chi connectivity index (χ0) is 11.4. The Morgan fingerprint density at radius 1 is 1.73 bits per heavy atom. The van der Waals surface area contributed by atoms with Crippen molar-refractivity contribution >= 4 is 21.8 Å². The lowest BCUT2D eigenvalue weighted by Gasteiger charge is -2.06. The highest BCUT2D eigenvalue weighted by atomic mass is 79.9. The van der Waals surface area contributed by atoms with E-state index in [2.05, 4.69) is 26.2 Å². The number of halogens is 1. The van der Waals surface area contributed by atoms with E-state index < -0.39 is 6.10 Å². The summed E-state index contributed by atoms with van der Waals surface area (Å²) in [6.07, 6.45) is 0.727. The first-order valence-electron chi connectivity index (χ1n) is 4.35. The SMILES string of the molecule is CC(O)CNC(=O)c1c[nH]c(=O)c(Br)c1. The molecule has 1 atom stereocenters. The molecule has 0 fully saturated rings. The number of nitrogens with one attached hydrogen (secondary N) is 2. The van der Waals surface area contributed by atoms with E-state index in [1.807, 2.05) is 0 Å². The molecule has 0 radical (unpaired) electrons. The number of pyridine rings is 1. The number of H-pyrrole nitrogens is 1. The van der Waals surface area contributed by atoms with Crippen molar-refractivity contribution in [2.45, 2.75) is 13.0 Å². The molecule has 1 aromatic heterocycles. The summed E-state index contributed by atoms with van der Waals surface area (Å²) in [5.74, 6) is -0.340. The first-order chi connectivity index (χ1) is 7.00. The van der Waals surface area contributed by atoms with Crippen molar-refractivity contribution in [2.75, 3.05) is 6.54 Å². The smallest absolute Gasteiger partial charge is 0.262 e. The number of amides is 1. The molecule has 0 saturated carbocycles. The minimum absolute atomic E-state index is 0.176. The zero-order valence-electron chi connectivity index (χ0n) is 8.08. The van der Waals surface area contributed by atoms with Crippen LogP contribution in [-0.2, 0) is 0 Å². The molecule has 15 heavy (non-hydrogen) atoms. The van der Waals surface area contributed by atoms with E-state index in [-0.39, 0.29) is 18.0 Å². The fourth-order valence-corrected chi connectivity index (χ4v) is 1.29. The molecule has 0 spiro atoms. The largest absolute Gasteiger partial charge is 0.392 e. The van der Waals surface area contributed by atoms with Gasteiger partial charge >= 0.3 is 0 Å². The Labute approximate surface area is 94.6 Å². The molecule has 6 heteroatoms. The second-order valence-corrected chi connectivity index (χ2v) is 3.98. The van der Waals surface area contributed by atoms with Gasteiger partial charge in [-0.15, -0.1) is 0 Å². The lowest BCUT2D eigenvalue weighted by atomic mass is 10.2. The Hall–Kier alpha value is -1.14. The van der Waals surface area contributed by atoms with E-state index in [1.165, 1.54) is 12.3 Å². The van der Waals surface area contributed by atoms with Gasteiger partial charge in [0.2, 0.25) is 0 Å². The van der Waals surface area contributed by atoms with Crippen LogP contribution in [0.25, 0.3) is 0 Å². The number of carbonyl (C=O) groups excluding carboxylic acids is 1. The molecular formula is C9H11BrN2O3. The van der Waals surface area contributed by atoms with Crippen LogP contribution in [0.4, 0.5) is 0 Å². The van der Waals surface area contributed by atoms with Crippen LogP contribution >= 0.6 is 15.9 Å². The van der Waals surface area contributed by atoms with Crippen molar-refractivity contribution in [3.8, 4) is 0 Å². The molecule has 1 amide bonds. The van der Waals surface area contributed by atoms with Crippen LogP contribution in [0.3, 0.4) is 0 Å². The first-order valence-corrected chi connectivity index (χ1v) is 5.14. The topological polar surface area (TPSA) is 82.2 Å². The van der Waals surface area contributed by atoms with Gasteiger partial charge in [0.25, 0.3) is 11.5 Å². The number of carbonyl (C=O) groups is 1. The Balaban J connectivity index is 2.74. The molecule has 82 valence electrons. The number of aliphatic hydroxyl groups is 1. The van der Waals surface area contributed by atoms with Gasteiger partial charge in [0, 0.05) is 12.7 Å². The summed E-state index contributed by atoms with van der Waals surface area (Å²) in [6.45, 7) is 1.75. The van der Waals surface area contributed by atoms with Crippen molar-refractivity contribution in [3.05, 3.63) is 32.7 Å². The van der Waals surface area contributed by atoms with E-state index >= 15 is 0 Å². The number of rotatable bonds is 3. The highest BCUT2D eigenvalue weighted by Crippen LogP contribution is 2.04. The maximum absolute atomic E-state index is 11.4. The highest BCUT2D eigenvalue weighted by Gasteiger charge is 2.07. The molecule has 0 bridgehead atoms. The minimum Gasteiger partial charge on any atom is -0.392 e. The Morgan fingerprint density at radius 3 is 2.93 bits per heavy atom. The average molecular weight is 275 g/mol. The molecule has 0 aromatic carbocycles. The number of hydrogen-bond acceptors (Lipinski definition) is 3. The number of aromatic nitrogens is 1. The first kappa shape index (κ1) is 11.9. The van der Waals surface area contributed by atoms with Gasteiger partial charge in [-0.3, -0.25) is 9.59 Å². The fraction of sp³-hybridized carbons (Fsp3) is 0.333. The molecule has 0 saturated heterocycles. The molecule has 1 unspecified atom stereocenters. The summed E-state index contributed by atoms with van der Waals surface area (Å²) in [7, 11) is 0. The van der Waals surface area contributed by atoms with Crippen LogP contribution in [0.15, 0.2) is 21.5 Å². The minimum atomic E-state index is -0.597. The zero-order valence-corrected chi connectivity index (χ0v) is 9.67. The van der Waals surface area contributed by atoms with E-state index in [0.29, 0.717) is 10.0 Å². The maximum Gasteiger partial charge on any atom is 0.262 e. The molecule has 0 aliphatic carbocycles. The van der Waals surface area contributed by atoms with Gasteiger partial charge in [-0.2, -0.15) is 0 Å². The van der Waals surface area contributed by atoms with Crippen molar-refractivity contribution in [3.63, 3.8) is 0 Å². The second-order valence-electron chi connectivity index (χ2n) is 3.12. The van der Waals surface area contributed by atoms with Crippen LogP contribution in [0.2, 0.25) is 0 Å². The van der Waals surface area contributed by atoms with Gasteiger partial charge in [0.15, 0.2) is 0 Å². The van der Waals surface area contributed by atoms with Gasteiger partial charge in [0.1, 0.15) is 0 Å². The van der Waals surface area contributed by atoms with Gasteiger partial charge in [-0.1, -0.05) is 0 Å². The van der Waals surface area contributed by atoms with Crippen LogP contribution in [-0.4, -0.2) is 28.6 Å². The third-order valence-corrected chi connectivity index (χ3v) is 2.27. The predicted molar refractivity (Wildman–Crippen MR) is 58.8 cm³/mol. The maximum atomic E-state index is 11.4. The van der Waals surface area contributed by atoms with E-state index in [0.717, 1.165) is 0 Å². The number of aliphatic hydroxyl groups excluding tert-OH is 1. The highest BCUT2D eigenvalue weighted by molar-refractivity contribution is 9.10. The van der Waals surface area contributed by atoms with E-state index in [1.54, 1.807) is 6.92 Å². The molecule has 1 heterocycles.